The highest BCUT2D eigenvalue weighted by molar-refractivity contribution is 5.57. The van der Waals surface area contributed by atoms with Crippen molar-refractivity contribution in [2.45, 2.75) is 71.3 Å². The third-order valence-corrected chi connectivity index (χ3v) is 5.63. The summed E-state index contributed by atoms with van der Waals surface area (Å²) >= 11 is 0. The molecule has 0 amide bonds. The van der Waals surface area contributed by atoms with Gasteiger partial charge in [-0.05, 0) is 55.6 Å². The van der Waals surface area contributed by atoms with Crippen molar-refractivity contribution in [3.05, 3.63) is 29.3 Å². The zero-order valence-electron chi connectivity index (χ0n) is 13.1. The summed E-state index contributed by atoms with van der Waals surface area (Å²) in [7, 11) is 0. The lowest BCUT2D eigenvalue weighted by atomic mass is 9.69. The van der Waals surface area contributed by atoms with Gasteiger partial charge in [0, 0.05) is 11.7 Å². The summed E-state index contributed by atoms with van der Waals surface area (Å²) in [5, 5.41) is 3.90. The zero-order valence-corrected chi connectivity index (χ0v) is 13.1. The Bertz CT molecular complexity index is 451. The third-order valence-electron chi connectivity index (χ3n) is 5.63. The molecule has 0 bridgehead atoms. The first-order chi connectivity index (χ1) is 9.78. The fourth-order valence-corrected chi connectivity index (χ4v) is 4.44. The monoisotopic (exact) mass is 271 g/mol. The third kappa shape index (κ3) is 2.87. The second kappa shape index (κ2) is 6.20. The molecule has 1 aromatic rings. The molecular formula is C19H29N. The number of hydrogen-bond donors (Lipinski definition) is 1. The smallest absolute Gasteiger partial charge is 0.0404 e. The molecule has 3 unspecified atom stereocenters. The van der Waals surface area contributed by atoms with Gasteiger partial charge in [0.1, 0.15) is 0 Å². The minimum atomic E-state index is 0.709. The van der Waals surface area contributed by atoms with Gasteiger partial charge in [-0.25, -0.2) is 0 Å². The average molecular weight is 271 g/mol. The number of anilines is 1. The number of rotatable bonds is 3. The van der Waals surface area contributed by atoms with Gasteiger partial charge in [-0.1, -0.05) is 50.8 Å². The van der Waals surface area contributed by atoms with Gasteiger partial charge >= 0.3 is 0 Å². The van der Waals surface area contributed by atoms with Gasteiger partial charge in [-0.3, -0.25) is 0 Å². The molecule has 110 valence electrons. The molecule has 2 saturated carbocycles. The van der Waals surface area contributed by atoms with Crippen molar-refractivity contribution in [3.8, 4) is 0 Å². The SMILES string of the molecule is CCc1cccc(C)c1NC1CCC2CCCCC2C1. The first-order valence-corrected chi connectivity index (χ1v) is 8.63. The van der Waals surface area contributed by atoms with Crippen LogP contribution in [0.15, 0.2) is 18.2 Å². The van der Waals surface area contributed by atoms with Crippen LogP contribution in [0.2, 0.25) is 0 Å². The lowest BCUT2D eigenvalue weighted by Crippen LogP contribution is -2.34. The van der Waals surface area contributed by atoms with E-state index in [1.165, 1.54) is 61.8 Å². The topological polar surface area (TPSA) is 12.0 Å². The Morgan fingerprint density at radius 3 is 2.65 bits per heavy atom. The molecule has 0 aromatic heterocycles. The predicted molar refractivity (Wildman–Crippen MR) is 87.3 cm³/mol. The highest BCUT2D eigenvalue weighted by atomic mass is 14.9. The van der Waals surface area contributed by atoms with E-state index in [9.17, 15) is 0 Å². The molecule has 0 heterocycles. The highest BCUT2D eigenvalue weighted by Crippen LogP contribution is 2.41. The van der Waals surface area contributed by atoms with E-state index >= 15 is 0 Å². The van der Waals surface area contributed by atoms with Gasteiger partial charge in [0.2, 0.25) is 0 Å². The molecule has 0 aliphatic heterocycles. The minimum Gasteiger partial charge on any atom is -0.382 e. The first kappa shape index (κ1) is 14.0. The van der Waals surface area contributed by atoms with Crippen LogP contribution in [0.4, 0.5) is 5.69 Å². The van der Waals surface area contributed by atoms with Crippen LogP contribution in [-0.4, -0.2) is 6.04 Å². The molecule has 2 aliphatic rings. The van der Waals surface area contributed by atoms with Crippen LogP contribution < -0.4 is 5.32 Å². The maximum absolute atomic E-state index is 3.90. The Morgan fingerprint density at radius 2 is 1.85 bits per heavy atom. The number of para-hydroxylation sites is 1. The van der Waals surface area contributed by atoms with Crippen LogP contribution in [-0.2, 0) is 6.42 Å². The van der Waals surface area contributed by atoms with Crippen LogP contribution in [0.25, 0.3) is 0 Å². The van der Waals surface area contributed by atoms with Crippen molar-refractivity contribution in [2.75, 3.05) is 5.32 Å². The number of nitrogens with one attached hydrogen (secondary N) is 1. The van der Waals surface area contributed by atoms with E-state index in [-0.39, 0.29) is 0 Å². The Kier molecular flexibility index (Phi) is 4.33. The van der Waals surface area contributed by atoms with E-state index < -0.39 is 0 Å². The lowest BCUT2D eigenvalue weighted by Gasteiger charge is -2.40. The molecule has 1 aromatic carbocycles. The molecule has 1 nitrogen and oxygen atoms in total. The van der Waals surface area contributed by atoms with Gasteiger partial charge < -0.3 is 5.32 Å². The van der Waals surface area contributed by atoms with Crippen molar-refractivity contribution >= 4 is 5.69 Å². The fraction of sp³-hybridized carbons (Fsp3) is 0.684. The van der Waals surface area contributed by atoms with Crippen LogP contribution in [0, 0.1) is 18.8 Å². The molecule has 2 fully saturated rings. The summed E-state index contributed by atoms with van der Waals surface area (Å²) in [5.74, 6) is 2.05. The van der Waals surface area contributed by atoms with Gasteiger partial charge in [-0.15, -0.1) is 0 Å². The van der Waals surface area contributed by atoms with Crippen molar-refractivity contribution < 1.29 is 0 Å². The summed E-state index contributed by atoms with van der Waals surface area (Å²) in [5.41, 5.74) is 4.32. The zero-order chi connectivity index (χ0) is 13.9. The largest absolute Gasteiger partial charge is 0.382 e. The number of benzene rings is 1. The molecule has 3 rings (SSSR count). The fourth-order valence-electron chi connectivity index (χ4n) is 4.44. The standard InChI is InChI=1S/C19H29N/c1-3-15-10-6-7-14(2)19(15)20-18-12-11-16-8-4-5-9-17(16)13-18/h6-7,10,16-18,20H,3-5,8-9,11-13H2,1-2H3. The van der Waals surface area contributed by atoms with Gasteiger partial charge in [-0.2, -0.15) is 0 Å². The molecule has 1 heteroatoms. The maximum atomic E-state index is 3.90. The van der Waals surface area contributed by atoms with E-state index in [0.717, 1.165) is 18.3 Å². The summed E-state index contributed by atoms with van der Waals surface area (Å²) < 4.78 is 0. The second-order valence-electron chi connectivity index (χ2n) is 6.92. The molecule has 1 N–H and O–H groups in total. The Labute approximate surface area is 124 Å². The van der Waals surface area contributed by atoms with Crippen LogP contribution >= 0.6 is 0 Å². The van der Waals surface area contributed by atoms with Crippen molar-refractivity contribution in [2.24, 2.45) is 11.8 Å². The van der Waals surface area contributed by atoms with Crippen molar-refractivity contribution in [3.63, 3.8) is 0 Å². The predicted octanol–water partition coefficient (Wildman–Crippen LogP) is 5.33. The van der Waals surface area contributed by atoms with E-state index in [0.29, 0.717) is 6.04 Å². The maximum Gasteiger partial charge on any atom is 0.0404 e. The molecular weight excluding hydrogens is 242 g/mol. The van der Waals surface area contributed by atoms with Gasteiger partial charge in [0.15, 0.2) is 0 Å². The molecule has 0 spiro atoms. The molecule has 0 saturated heterocycles. The van der Waals surface area contributed by atoms with Crippen molar-refractivity contribution in [1.29, 1.82) is 0 Å². The van der Waals surface area contributed by atoms with Gasteiger partial charge in [0.25, 0.3) is 0 Å². The second-order valence-corrected chi connectivity index (χ2v) is 6.92. The van der Waals surface area contributed by atoms with E-state index in [1.54, 1.807) is 0 Å². The average Bonchev–Trinajstić information content (AvgIpc) is 2.49. The quantitative estimate of drug-likeness (QED) is 0.783. The van der Waals surface area contributed by atoms with E-state index in [1.807, 2.05) is 0 Å². The molecule has 2 aliphatic carbocycles. The normalized spacial score (nSPS) is 29.8. The first-order valence-electron chi connectivity index (χ1n) is 8.63. The van der Waals surface area contributed by atoms with Crippen LogP contribution in [0.5, 0.6) is 0 Å². The van der Waals surface area contributed by atoms with E-state index in [2.05, 4.69) is 37.4 Å². The lowest BCUT2D eigenvalue weighted by molar-refractivity contribution is 0.162. The highest BCUT2D eigenvalue weighted by Gasteiger charge is 2.32. The summed E-state index contributed by atoms with van der Waals surface area (Å²) in [6.45, 7) is 4.51. The number of fused-ring (bicyclic) bond motifs is 1. The number of aryl methyl sites for hydroxylation is 2. The van der Waals surface area contributed by atoms with Crippen molar-refractivity contribution in [1.82, 2.24) is 0 Å². The summed E-state index contributed by atoms with van der Waals surface area (Å²) in [6.07, 6.45) is 11.3. The Morgan fingerprint density at radius 1 is 1.05 bits per heavy atom. The minimum absolute atomic E-state index is 0.709. The molecule has 3 atom stereocenters. The van der Waals surface area contributed by atoms with Gasteiger partial charge in [0.05, 0.1) is 0 Å². The van der Waals surface area contributed by atoms with Crippen LogP contribution in [0.1, 0.15) is 63.0 Å². The van der Waals surface area contributed by atoms with E-state index in [4.69, 9.17) is 0 Å². The number of hydrogen-bond acceptors (Lipinski definition) is 1. The Balaban J connectivity index is 1.69. The Hall–Kier alpha value is -0.980. The molecule has 20 heavy (non-hydrogen) atoms. The van der Waals surface area contributed by atoms with Crippen LogP contribution in [0.3, 0.4) is 0 Å². The summed E-state index contributed by atoms with van der Waals surface area (Å²) in [6, 6.07) is 7.42. The summed E-state index contributed by atoms with van der Waals surface area (Å²) in [4.78, 5) is 0. The molecule has 0 radical (unpaired) electrons.